The van der Waals surface area contributed by atoms with Crippen molar-refractivity contribution < 1.29 is 14.6 Å². The van der Waals surface area contributed by atoms with Gasteiger partial charge in [0.2, 0.25) is 0 Å². The van der Waals surface area contributed by atoms with E-state index < -0.39 is 11.9 Å². The molecule has 2 aromatic carbocycles. The Morgan fingerprint density at radius 3 is 2.74 bits per heavy atom. The van der Waals surface area contributed by atoms with Crippen LogP contribution in [0.4, 0.5) is 0 Å². The average molecular weight is 254 g/mol. The number of carbonyl (C=O) groups is 1. The highest BCUT2D eigenvalue weighted by molar-refractivity contribution is 5.85. The van der Waals surface area contributed by atoms with Crippen molar-refractivity contribution in [2.45, 2.75) is 12.3 Å². The molecule has 3 rings (SSSR count). The first kappa shape index (κ1) is 11.8. The van der Waals surface area contributed by atoms with Crippen LogP contribution < -0.4 is 4.74 Å². The highest BCUT2D eigenvalue weighted by Crippen LogP contribution is 2.41. The summed E-state index contributed by atoms with van der Waals surface area (Å²) in [6.07, 6.45) is 0.546. The summed E-state index contributed by atoms with van der Waals surface area (Å²) in [6, 6.07) is 13.6. The Morgan fingerprint density at radius 2 is 2.00 bits per heavy atom. The molecule has 19 heavy (non-hydrogen) atoms. The minimum atomic E-state index is -0.777. The van der Waals surface area contributed by atoms with Gasteiger partial charge in [-0.1, -0.05) is 30.3 Å². The molecule has 0 bridgehead atoms. The van der Waals surface area contributed by atoms with Crippen molar-refractivity contribution in [3.8, 4) is 16.9 Å². The molecule has 0 spiro atoms. The molecule has 1 aliphatic carbocycles. The average Bonchev–Trinajstić information content (AvgIpc) is 2.45. The van der Waals surface area contributed by atoms with Gasteiger partial charge in [-0.3, -0.25) is 4.79 Å². The van der Waals surface area contributed by atoms with Crippen molar-refractivity contribution in [2.24, 2.45) is 0 Å². The molecule has 0 fully saturated rings. The van der Waals surface area contributed by atoms with Crippen molar-refractivity contribution in [2.75, 3.05) is 7.11 Å². The number of hydrogen-bond donors (Lipinski definition) is 1. The molecule has 0 amide bonds. The zero-order valence-electron chi connectivity index (χ0n) is 10.6. The van der Waals surface area contributed by atoms with Crippen LogP contribution in [-0.2, 0) is 11.2 Å². The number of hydrogen-bond acceptors (Lipinski definition) is 2. The Bertz CT molecular complexity index is 646. The van der Waals surface area contributed by atoms with Gasteiger partial charge in [-0.15, -0.1) is 0 Å². The van der Waals surface area contributed by atoms with Crippen LogP contribution in [0.3, 0.4) is 0 Å². The van der Waals surface area contributed by atoms with E-state index in [0.29, 0.717) is 6.42 Å². The van der Waals surface area contributed by atoms with Gasteiger partial charge in [-0.05, 0) is 40.8 Å². The van der Waals surface area contributed by atoms with Gasteiger partial charge in [-0.2, -0.15) is 0 Å². The minimum Gasteiger partial charge on any atom is -0.497 e. The van der Waals surface area contributed by atoms with Gasteiger partial charge in [0.25, 0.3) is 0 Å². The predicted octanol–water partition coefficient (Wildman–Crippen LogP) is 3.09. The first-order valence-electron chi connectivity index (χ1n) is 6.19. The maximum Gasteiger partial charge on any atom is 0.311 e. The van der Waals surface area contributed by atoms with Gasteiger partial charge >= 0.3 is 5.97 Å². The van der Waals surface area contributed by atoms with Crippen molar-refractivity contribution in [1.82, 2.24) is 0 Å². The van der Waals surface area contributed by atoms with Crippen LogP contribution in [0.2, 0.25) is 0 Å². The molecule has 0 radical (unpaired) electrons. The normalized spacial score (nSPS) is 16.4. The number of methoxy groups -OCH3 is 1. The lowest BCUT2D eigenvalue weighted by Gasteiger charge is -2.25. The lowest BCUT2D eigenvalue weighted by atomic mass is 9.78. The highest BCUT2D eigenvalue weighted by atomic mass is 16.5. The fourth-order valence-corrected chi connectivity index (χ4v) is 2.71. The molecule has 3 nitrogen and oxygen atoms in total. The molecule has 1 aliphatic rings. The van der Waals surface area contributed by atoms with Crippen molar-refractivity contribution in [3.63, 3.8) is 0 Å². The number of aliphatic carboxylic acids is 1. The number of benzene rings is 2. The Hall–Kier alpha value is -2.29. The maximum atomic E-state index is 11.5. The van der Waals surface area contributed by atoms with E-state index in [1.54, 1.807) is 7.11 Å². The standard InChI is InChI=1S/C16H14O3/c1-19-11-6-7-13-14(9-11)12-5-3-2-4-10(12)8-15(13)16(17)18/h2-7,9,15H,8H2,1H3,(H,17,18). The van der Waals surface area contributed by atoms with E-state index in [2.05, 4.69) is 0 Å². The summed E-state index contributed by atoms with van der Waals surface area (Å²) in [6.45, 7) is 0. The second kappa shape index (κ2) is 4.43. The minimum absolute atomic E-state index is 0.476. The smallest absolute Gasteiger partial charge is 0.311 e. The van der Waals surface area contributed by atoms with Gasteiger partial charge in [-0.25, -0.2) is 0 Å². The Balaban J connectivity index is 2.24. The Morgan fingerprint density at radius 1 is 1.21 bits per heavy atom. The lowest BCUT2D eigenvalue weighted by Crippen LogP contribution is -2.19. The van der Waals surface area contributed by atoms with E-state index in [-0.39, 0.29) is 0 Å². The van der Waals surface area contributed by atoms with Crippen molar-refractivity contribution in [3.05, 3.63) is 53.6 Å². The molecule has 2 aromatic rings. The lowest BCUT2D eigenvalue weighted by molar-refractivity contribution is -0.138. The summed E-state index contributed by atoms with van der Waals surface area (Å²) in [4.78, 5) is 11.5. The zero-order valence-corrected chi connectivity index (χ0v) is 10.6. The van der Waals surface area contributed by atoms with Gasteiger partial charge in [0.05, 0.1) is 13.0 Å². The van der Waals surface area contributed by atoms with Crippen molar-refractivity contribution in [1.29, 1.82) is 0 Å². The summed E-state index contributed by atoms with van der Waals surface area (Å²) in [7, 11) is 1.62. The van der Waals surface area contributed by atoms with Crippen LogP contribution in [0.5, 0.6) is 5.75 Å². The zero-order chi connectivity index (χ0) is 13.4. The number of carboxylic acid groups (broad SMARTS) is 1. The largest absolute Gasteiger partial charge is 0.497 e. The summed E-state index contributed by atoms with van der Waals surface area (Å²) in [5.74, 6) is -0.503. The van der Waals surface area contributed by atoms with E-state index in [1.165, 1.54) is 0 Å². The Labute approximate surface area is 111 Å². The second-order valence-electron chi connectivity index (χ2n) is 4.71. The molecule has 1 unspecified atom stereocenters. The van der Waals surface area contributed by atoms with Crippen LogP contribution in [0.1, 0.15) is 17.0 Å². The number of rotatable bonds is 2. The fourth-order valence-electron chi connectivity index (χ4n) is 2.71. The topological polar surface area (TPSA) is 46.5 Å². The summed E-state index contributed by atoms with van der Waals surface area (Å²) in [5.41, 5.74) is 4.02. The molecule has 1 atom stereocenters. The third kappa shape index (κ3) is 1.87. The van der Waals surface area contributed by atoms with E-state index in [4.69, 9.17) is 4.74 Å². The molecule has 0 aromatic heterocycles. The number of carboxylic acids is 1. The SMILES string of the molecule is COc1ccc2c(c1)-c1ccccc1CC2C(=O)O. The van der Waals surface area contributed by atoms with E-state index in [9.17, 15) is 9.90 Å². The molecule has 3 heteroatoms. The van der Waals surface area contributed by atoms with Crippen LogP contribution in [0.25, 0.3) is 11.1 Å². The molecule has 1 N–H and O–H groups in total. The fraction of sp³-hybridized carbons (Fsp3) is 0.188. The third-order valence-electron chi connectivity index (χ3n) is 3.67. The number of fused-ring (bicyclic) bond motifs is 3. The van der Waals surface area contributed by atoms with Gasteiger partial charge < -0.3 is 9.84 Å². The predicted molar refractivity (Wildman–Crippen MR) is 72.5 cm³/mol. The van der Waals surface area contributed by atoms with Crippen LogP contribution >= 0.6 is 0 Å². The van der Waals surface area contributed by atoms with Crippen LogP contribution in [-0.4, -0.2) is 18.2 Å². The molecule has 0 saturated carbocycles. The molecular weight excluding hydrogens is 240 g/mol. The molecule has 96 valence electrons. The summed E-state index contributed by atoms with van der Waals surface area (Å²) < 4.78 is 5.24. The van der Waals surface area contributed by atoms with E-state index in [1.807, 2.05) is 42.5 Å². The highest BCUT2D eigenvalue weighted by Gasteiger charge is 2.29. The first-order chi connectivity index (χ1) is 9.20. The monoisotopic (exact) mass is 254 g/mol. The van der Waals surface area contributed by atoms with E-state index >= 15 is 0 Å². The van der Waals surface area contributed by atoms with Gasteiger partial charge in [0, 0.05) is 0 Å². The third-order valence-corrected chi connectivity index (χ3v) is 3.67. The van der Waals surface area contributed by atoms with Crippen LogP contribution in [0.15, 0.2) is 42.5 Å². The van der Waals surface area contributed by atoms with Crippen molar-refractivity contribution >= 4 is 5.97 Å². The van der Waals surface area contributed by atoms with Gasteiger partial charge in [0.1, 0.15) is 5.75 Å². The summed E-state index contributed by atoms with van der Waals surface area (Å²) in [5, 5.41) is 9.41. The van der Waals surface area contributed by atoms with E-state index in [0.717, 1.165) is 28.0 Å². The quantitative estimate of drug-likeness (QED) is 0.895. The summed E-state index contributed by atoms with van der Waals surface area (Å²) >= 11 is 0. The van der Waals surface area contributed by atoms with Gasteiger partial charge in [0.15, 0.2) is 0 Å². The Kier molecular flexibility index (Phi) is 2.75. The molecule has 0 heterocycles. The maximum absolute atomic E-state index is 11.5. The molecular formula is C16H14O3. The number of ether oxygens (including phenoxy) is 1. The van der Waals surface area contributed by atoms with Crippen LogP contribution in [0, 0.1) is 0 Å². The second-order valence-corrected chi connectivity index (χ2v) is 4.71. The molecule has 0 saturated heterocycles. The molecule has 0 aliphatic heterocycles. The first-order valence-corrected chi connectivity index (χ1v) is 6.19.